The van der Waals surface area contributed by atoms with Crippen LogP contribution in [0.25, 0.3) is 0 Å². The molecule has 2 N–H and O–H groups in total. The molecule has 6 nitrogen and oxygen atoms in total. The van der Waals surface area contributed by atoms with Crippen LogP contribution in [0.1, 0.15) is 28.1 Å². The van der Waals surface area contributed by atoms with Crippen LogP contribution in [0.5, 0.6) is 0 Å². The second-order valence-corrected chi connectivity index (χ2v) is 6.69. The Hall–Kier alpha value is -1.70. The van der Waals surface area contributed by atoms with E-state index >= 15 is 0 Å². The van der Waals surface area contributed by atoms with Gasteiger partial charge in [0.05, 0.1) is 23.7 Å². The van der Waals surface area contributed by atoms with E-state index in [9.17, 15) is 13.5 Å². The number of hydrogen-bond donors (Lipinski definition) is 2. The lowest BCUT2D eigenvalue weighted by Gasteiger charge is -2.12. The minimum absolute atomic E-state index is 0.0328. The van der Waals surface area contributed by atoms with Gasteiger partial charge in [0, 0.05) is 6.07 Å². The number of rotatable bonds is 5. The van der Waals surface area contributed by atoms with Crippen LogP contribution in [0, 0.1) is 20.8 Å². The standard InChI is InChI=1S/C14H18N2O4S/c1-9-4-12(8-17)6-14(11(9)3)21(18,19)15-7-13-5-10(2)16-20-13/h4-6,15,17H,7-8H2,1-3H3. The number of nitrogens with one attached hydrogen (secondary N) is 1. The third-order valence-electron chi connectivity index (χ3n) is 3.26. The molecular formula is C14H18N2O4S. The average Bonchev–Trinajstić information content (AvgIpc) is 2.85. The molecule has 0 unspecified atom stereocenters. The fraction of sp³-hybridized carbons (Fsp3) is 0.357. The van der Waals surface area contributed by atoms with Crippen LogP contribution in [0.15, 0.2) is 27.6 Å². The maximum Gasteiger partial charge on any atom is 0.241 e. The summed E-state index contributed by atoms with van der Waals surface area (Å²) in [7, 11) is -3.68. The molecule has 0 aliphatic carbocycles. The second kappa shape index (κ2) is 5.97. The minimum Gasteiger partial charge on any atom is -0.392 e. The Kier molecular flexibility index (Phi) is 4.46. The molecule has 21 heavy (non-hydrogen) atoms. The van der Waals surface area contributed by atoms with Crippen molar-refractivity contribution >= 4 is 10.0 Å². The van der Waals surface area contributed by atoms with Crippen molar-refractivity contribution in [2.45, 2.75) is 38.8 Å². The molecule has 2 aromatic rings. The topological polar surface area (TPSA) is 92.4 Å². The van der Waals surface area contributed by atoms with Gasteiger partial charge in [0.2, 0.25) is 10.0 Å². The van der Waals surface area contributed by atoms with E-state index in [0.717, 1.165) is 5.56 Å². The zero-order valence-corrected chi connectivity index (χ0v) is 13.0. The highest BCUT2D eigenvalue weighted by Crippen LogP contribution is 2.21. The number of aryl methyl sites for hydroxylation is 2. The summed E-state index contributed by atoms with van der Waals surface area (Å²) in [5.41, 5.74) is 2.73. The maximum absolute atomic E-state index is 12.4. The normalized spacial score (nSPS) is 11.8. The zero-order valence-electron chi connectivity index (χ0n) is 12.2. The van der Waals surface area contributed by atoms with E-state index in [1.165, 1.54) is 6.07 Å². The highest BCUT2D eigenvalue weighted by atomic mass is 32.2. The van der Waals surface area contributed by atoms with Gasteiger partial charge in [-0.1, -0.05) is 11.2 Å². The molecule has 0 bridgehead atoms. The lowest BCUT2D eigenvalue weighted by atomic mass is 10.1. The van der Waals surface area contributed by atoms with Crippen molar-refractivity contribution in [3.63, 3.8) is 0 Å². The van der Waals surface area contributed by atoms with Crippen LogP contribution in [-0.4, -0.2) is 18.7 Å². The van der Waals surface area contributed by atoms with E-state index in [1.54, 1.807) is 26.0 Å². The highest BCUT2D eigenvalue weighted by molar-refractivity contribution is 7.89. The quantitative estimate of drug-likeness (QED) is 0.874. The van der Waals surface area contributed by atoms with E-state index < -0.39 is 10.0 Å². The molecule has 1 heterocycles. The molecule has 1 aromatic heterocycles. The SMILES string of the molecule is Cc1cc(CNS(=O)(=O)c2cc(CO)cc(C)c2C)on1. The maximum atomic E-state index is 12.4. The molecular weight excluding hydrogens is 292 g/mol. The fourth-order valence-electron chi connectivity index (χ4n) is 2.01. The summed E-state index contributed by atoms with van der Waals surface area (Å²) in [6.45, 7) is 5.15. The smallest absolute Gasteiger partial charge is 0.241 e. The van der Waals surface area contributed by atoms with Crippen molar-refractivity contribution in [3.05, 3.63) is 46.3 Å². The van der Waals surface area contributed by atoms with E-state index in [1.807, 2.05) is 6.92 Å². The lowest BCUT2D eigenvalue weighted by Crippen LogP contribution is -2.24. The van der Waals surface area contributed by atoms with E-state index in [2.05, 4.69) is 9.88 Å². The van der Waals surface area contributed by atoms with Crippen molar-refractivity contribution in [1.82, 2.24) is 9.88 Å². The third kappa shape index (κ3) is 3.49. The molecule has 2 rings (SSSR count). The van der Waals surface area contributed by atoms with Gasteiger partial charge in [-0.2, -0.15) is 0 Å². The van der Waals surface area contributed by atoms with Crippen molar-refractivity contribution in [3.8, 4) is 0 Å². The number of aliphatic hydroxyl groups excluding tert-OH is 1. The molecule has 0 aliphatic rings. The van der Waals surface area contributed by atoms with Gasteiger partial charge in [0.15, 0.2) is 5.76 Å². The summed E-state index contributed by atoms with van der Waals surface area (Å²) >= 11 is 0. The Bertz CT molecular complexity index is 750. The van der Waals surface area contributed by atoms with Crippen molar-refractivity contribution in [2.75, 3.05) is 0 Å². The van der Waals surface area contributed by atoms with Gasteiger partial charge in [-0.3, -0.25) is 0 Å². The number of benzene rings is 1. The van der Waals surface area contributed by atoms with E-state index in [4.69, 9.17) is 4.52 Å². The Morgan fingerprint density at radius 1 is 1.24 bits per heavy atom. The average molecular weight is 310 g/mol. The first-order valence-electron chi connectivity index (χ1n) is 6.46. The first kappa shape index (κ1) is 15.7. The zero-order chi connectivity index (χ0) is 15.6. The largest absolute Gasteiger partial charge is 0.392 e. The summed E-state index contributed by atoms with van der Waals surface area (Å²) < 4.78 is 32.3. The van der Waals surface area contributed by atoms with E-state index in [-0.39, 0.29) is 18.0 Å². The van der Waals surface area contributed by atoms with Crippen LogP contribution >= 0.6 is 0 Å². The molecule has 0 amide bonds. The van der Waals surface area contributed by atoms with Gasteiger partial charge in [0.25, 0.3) is 0 Å². The summed E-state index contributed by atoms with van der Waals surface area (Å²) in [4.78, 5) is 0.169. The fourth-order valence-corrected chi connectivity index (χ4v) is 3.37. The molecule has 0 saturated carbocycles. The van der Waals surface area contributed by atoms with Crippen LogP contribution < -0.4 is 4.72 Å². The first-order valence-corrected chi connectivity index (χ1v) is 7.94. The number of aromatic nitrogens is 1. The van der Waals surface area contributed by atoms with Gasteiger partial charge in [-0.25, -0.2) is 13.1 Å². The van der Waals surface area contributed by atoms with Gasteiger partial charge < -0.3 is 9.63 Å². The molecule has 0 spiro atoms. The Balaban J connectivity index is 2.29. The summed E-state index contributed by atoms with van der Waals surface area (Å²) in [6, 6.07) is 4.93. The lowest BCUT2D eigenvalue weighted by molar-refractivity contribution is 0.281. The minimum atomic E-state index is -3.68. The molecule has 0 atom stereocenters. The molecule has 0 aliphatic heterocycles. The summed E-state index contributed by atoms with van der Waals surface area (Å²) in [5.74, 6) is 0.448. The van der Waals surface area contributed by atoms with Crippen molar-refractivity contribution in [1.29, 1.82) is 0 Å². The molecule has 0 fully saturated rings. The molecule has 7 heteroatoms. The van der Waals surface area contributed by atoms with Crippen LogP contribution in [0.2, 0.25) is 0 Å². The Morgan fingerprint density at radius 3 is 2.52 bits per heavy atom. The molecule has 0 saturated heterocycles. The number of hydrogen-bond acceptors (Lipinski definition) is 5. The highest BCUT2D eigenvalue weighted by Gasteiger charge is 2.19. The summed E-state index contributed by atoms with van der Waals surface area (Å²) in [6.07, 6.45) is 0. The van der Waals surface area contributed by atoms with Crippen molar-refractivity contribution < 1.29 is 18.0 Å². The predicted molar refractivity (Wildman–Crippen MR) is 77.1 cm³/mol. The third-order valence-corrected chi connectivity index (χ3v) is 4.79. The number of aliphatic hydroxyl groups is 1. The van der Waals surface area contributed by atoms with Crippen LogP contribution in [0.3, 0.4) is 0 Å². The van der Waals surface area contributed by atoms with E-state index in [0.29, 0.717) is 22.6 Å². The van der Waals surface area contributed by atoms with Crippen LogP contribution in [-0.2, 0) is 23.2 Å². The second-order valence-electron chi connectivity index (χ2n) is 4.95. The summed E-state index contributed by atoms with van der Waals surface area (Å²) in [5, 5.41) is 12.9. The van der Waals surface area contributed by atoms with Gasteiger partial charge in [0.1, 0.15) is 0 Å². The Labute approximate surface area is 123 Å². The van der Waals surface area contributed by atoms with Crippen molar-refractivity contribution in [2.24, 2.45) is 0 Å². The number of nitrogens with zero attached hydrogens (tertiary/aromatic N) is 1. The molecule has 0 radical (unpaired) electrons. The van der Waals surface area contributed by atoms with Gasteiger partial charge in [-0.15, -0.1) is 0 Å². The number of sulfonamides is 1. The van der Waals surface area contributed by atoms with Crippen LogP contribution in [0.4, 0.5) is 0 Å². The Morgan fingerprint density at radius 2 is 1.95 bits per heavy atom. The molecule has 114 valence electrons. The predicted octanol–water partition coefficient (Wildman–Crippen LogP) is 1.57. The molecule has 1 aromatic carbocycles. The first-order chi connectivity index (χ1) is 9.83. The monoisotopic (exact) mass is 310 g/mol. The van der Waals surface area contributed by atoms with Gasteiger partial charge in [-0.05, 0) is 43.5 Å². The van der Waals surface area contributed by atoms with Gasteiger partial charge >= 0.3 is 0 Å².